The number of aliphatic carboxylic acids is 1. The molecule has 0 aliphatic carbocycles. The highest BCUT2D eigenvalue weighted by Gasteiger charge is 2.16. The number of aromatic nitrogens is 2. The number of nitriles is 1. The van der Waals surface area contributed by atoms with Crippen LogP contribution in [-0.2, 0) is 17.0 Å². The monoisotopic (exact) mass is 401 g/mol. The van der Waals surface area contributed by atoms with Crippen molar-refractivity contribution in [3.8, 4) is 16.6 Å². The van der Waals surface area contributed by atoms with Gasteiger partial charge >= 0.3 is 5.97 Å². The van der Waals surface area contributed by atoms with Gasteiger partial charge in [-0.1, -0.05) is 53.7 Å². The third-order valence-corrected chi connectivity index (χ3v) is 5.49. The van der Waals surface area contributed by atoms with Gasteiger partial charge in [-0.3, -0.25) is 4.79 Å². The molecule has 0 bridgehead atoms. The number of hydrogen-bond donors (Lipinski definition) is 1. The van der Waals surface area contributed by atoms with Gasteiger partial charge in [-0.05, 0) is 22.6 Å². The fraction of sp³-hybridized carbons (Fsp3) is 0.111. The van der Waals surface area contributed by atoms with E-state index in [0.717, 1.165) is 16.0 Å². The summed E-state index contributed by atoms with van der Waals surface area (Å²) < 4.78 is 0. The standard InChI is InChI=1S/C18H12ClN3O2S2/c19-17-13(9-20)16(14-5-2-6-25-14)21-18(22-17)26-10-12-4-1-3-11(7-12)8-15(23)24/h1-7H,8,10H2,(H,23,24). The lowest BCUT2D eigenvalue weighted by molar-refractivity contribution is -0.136. The Morgan fingerprint density at radius 1 is 1.27 bits per heavy atom. The van der Waals surface area contributed by atoms with Crippen molar-refractivity contribution in [3.05, 3.63) is 63.6 Å². The zero-order valence-corrected chi connectivity index (χ0v) is 15.7. The largest absolute Gasteiger partial charge is 0.481 e. The Labute approximate surface area is 163 Å². The van der Waals surface area contributed by atoms with E-state index in [-0.39, 0.29) is 17.1 Å². The molecule has 0 saturated heterocycles. The van der Waals surface area contributed by atoms with Crippen LogP contribution < -0.4 is 0 Å². The van der Waals surface area contributed by atoms with Crippen LogP contribution in [0.5, 0.6) is 0 Å². The van der Waals surface area contributed by atoms with Gasteiger partial charge in [0.2, 0.25) is 0 Å². The maximum atomic E-state index is 10.8. The zero-order valence-electron chi connectivity index (χ0n) is 13.3. The average Bonchev–Trinajstić information content (AvgIpc) is 3.14. The summed E-state index contributed by atoms with van der Waals surface area (Å²) in [4.78, 5) is 20.4. The topological polar surface area (TPSA) is 86.9 Å². The number of rotatable bonds is 6. The normalized spacial score (nSPS) is 10.5. The Bertz CT molecular complexity index is 985. The Morgan fingerprint density at radius 3 is 2.77 bits per heavy atom. The van der Waals surface area contributed by atoms with Gasteiger partial charge in [0.05, 0.1) is 11.3 Å². The fourth-order valence-corrected chi connectivity index (χ4v) is 4.09. The van der Waals surface area contributed by atoms with Crippen LogP contribution in [0.4, 0.5) is 0 Å². The summed E-state index contributed by atoms with van der Waals surface area (Å²) >= 11 is 9.04. The van der Waals surface area contributed by atoms with E-state index < -0.39 is 5.97 Å². The summed E-state index contributed by atoms with van der Waals surface area (Å²) in [6.45, 7) is 0. The first kappa shape index (κ1) is 18.4. The SMILES string of the molecule is N#Cc1c(Cl)nc(SCc2cccc(CC(=O)O)c2)nc1-c1cccs1. The van der Waals surface area contributed by atoms with Crippen molar-refractivity contribution in [1.29, 1.82) is 5.26 Å². The zero-order chi connectivity index (χ0) is 18.5. The van der Waals surface area contributed by atoms with Gasteiger partial charge < -0.3 is 5.11 Å². The average molecular weight is 402 g/mol. The molecule has 3 rings (SSSR count). The number of halogens is 1. The molecule has 0 atom stereocenters. The maximum Gasteiger partial charge on any atom is 0.307 e. The number of benzene rings is 1. The predicted octanol–water partition coefficient (Wildman–Crippen LogP) is 4.65. The number of thioether (sulfide) groups is 1. The molecule has 130 valence electrons. The molecule has 8 heteroatoms. The number of thiophene rings is 1. The van der Waals surface area contributed by atoms with Gasteiger partial charge in [-0.2, -0.15) is 5.26 Å². The highest BCUT2D eigenvalue weighted by Crippen LogP contribution is 2.32. The Balaban J connectivity index is 1.83. The minimum atomic E-state index is -0.863. The van der Waals surface area contributed by atoms with Crippen molar-refractivity contribution < 1.29 is 9.90 Å². The van der Waals surface area contributed by atoms with Gasteiger partial charge in [0.1, 0.15) is 17.3 Å². The highest BCUT2D eigenvalue weighted by molar-refractivity contribution is 7.98. The van der Waals surface area contributed by atoms with E-state index in [2.05, 4.69) is 16.0 Å². The second kappa shape index (κ2) is 8.32. The van der Waals surface area contributed by atoms with Crippen molar-refractivity contribution in [2.24, 2.45) is 0 Å². The maximum absolute atomic E-state index is 10.8. The Hall–Kier alpha value is -2.40. The molecule has 1 N–H and O–H groups in total. The molecular weight excluding hydrogens is 390 g/mol. The van der Waals surface area contributed by atoms with Gasteiger partial charge in [-0.25, -0.2) is 9.97 Å². The van der Waals surface area contributed by atoms with E-state index in [1.165, 1.54) is 23.1 Å². The minimum Gasteiger partial charge on any atom is -0.481 e. The molecule has 0 radical (unpaired) electrons. The highest BCUT2D eigenvalue weighted by atomic mass is 35.5. The third-order valence-electron chi connectivity index (χ3n) is 3.43. The molecule has 0 aliphatic heterocycles. The number of hydrogen-bond acceptors (Lipinski definition) is 6. The molecule has 3 aromatic rings. The van der Waals surface area contributed by atoms with Crippen molar-refractivity contribution in [3.63, 3.8) is 0 Å². The molecule has 0 spiro atoms. The van der Waals surface area contributed by atoms with Crippen molar-refractivity contribution in [2.45, 2.75) is 17.3 Å². The van der Waals surface area contributed by atoms with Crippen LogP contribution in [0.25, 0.3) is 10.6 Å². The predicted molar refractivity (Wildman–Crippen MR) is 102 cm³/mol. The molecule has 5 nitrogen and oxygen atoms in total. The molecule has 2 aromatic heterocycles. The van der Waals surface area contributed by atoms with Crippen LogP contribution in [-0.4, -0.2) is 21.0 Å². The lowest BCUT2D eigenvalue weighted by Crippen LogP contribution is -2.00. The van der Waals surface area contributed by atoms with Gasteiger partial charge in [-0.15, -0.1) is 11.3 Å². The first-order valence-electron chi connectivity index (χ1n) is 7.50. The third kappa shape index (κ3) is 4.41. The van der Waals surface area contributed by atoms with Crippen molar-refractivity contribution in [1.82, 2.24) is 9.97 Å². The van der Waals surface area contributed by atoms with Crippen LogP contribution in [0.15, 0.2) is 46.9 Å². The van der Waals surface area contributed by atoms with E-state index in [1.54, 1.807) is 6.07 Å². The van der Waals surface area contributed by atoms with Crippen LogP contribution in [0.3, 0.4) is 0 Å². The van der Waals surface area contributed by atoms with E-state index in [9.17, 15) is 10.1 Å². The Kier molecular flexibility index (Phi) is 5.89. The quantitative estimate of drug-likeness (QED) is 0.367. The fourth-order valence-electron chi connectivity index (χ4n) is 2.32. The van der Waals surface area contributed by atoms with E-state index in [4.69, 9.17) is 16.7 Å². The van der Waals surface area contributed by atoms with Crippen LogP contribution >= 0.6 is 34.7 Å². The van der Waals surface area contributed by atoms with Gasteiger partial charge in [0, 0.05) is 5.75 Å². The Morgan fingerprint density at radius 2 is 2.08 bits per heavy atom. The molecule has 0 fully saturated rings. The number of carboxylic acids is 1. The van der Waals surface area contributed by atoms with E-state index in [1.807, 2.05) is 35.7 Å². The number of carbonyl (C=O) groups is 1. The van der Waals surface area contributed by atoms with Gasteiger partial charge in [0.15, 0.2) is 10.3 Å². The number of carboxylic acid groups (broad SMARTS) is 1. The molecule has 26 heavy (non-hydrogen) atoms. The molecular formula is C18H12ClN3O2S2. The molecule has 1 aromatic carbocycles. The summed E-state index contributed by atoms with van der Waals surface area (Å²) in [5.74, 6) is -0.294. The minimum absolute atomic E-state index is 0.0137. The first-order valence-corrected chi connectivity index (χ1v) is 9.75. The molecule has 0 unspecified atom stereocenters. The lowest BCUT2D eigenvalue weighted by atomic mass is 10.1. The summed E-state index contributed by atoms with van der Waals surface area (Å²) in [6.07, 6.45) is -0.0137. The van der Waals surface area contributed by atoms with Crippen LogP contribution in [0, 0.1) is 11.3 Å². The summed E-state index contributed by atoms with van der Waals surface area (Å²) in [5.41, 5.74) is 2.51. The summed E-state index contributed by atoms with van der Waals surface area (Å²) in [5, 5.41) is 20.8. The second-order valence-electron chi connectivity index (χ2n) is 5.29. The van der Waals surface area contributed by atoms with Crippen LogP contribution in [0.2, 0.25) is 5.15 Å². The molecule has 0 saturated carbocycles. The van der Waals surface area contributed by atoms with E-state index >= 15 is 0 Å². The summed E-state index contributed by atoms with van der Waals surface area (Å²) in [7, 11) is 0. The van der Waals surface area contributed by atoms with E-state index in [0.29, 0.717) is 16.6 Å². The first-order chi connectivity index (χ1) is 12.6. The lowest BCUT2D eigenvalue weighted by Gasteiger charge is -2.07. The smallest absolute Gasteiger partial charge is 0.307 e. The summed E-state index contributed by atoms with van der Waals surface area (Å²) in [6, 6.07) is 13.2. The van der Waals surface area contributed by atoms with Crippen molar-refractivity contribution in [2.75, 3.05) is 0 Å². The number of nitrogens with zero attached hydrogens (tertiary/aromatic N) is 3. The molecule has 2 heterocycles. The van der Waals surface area contributed by atoms with Crippen molar-refractivity contribution >= 4 is 40.7 Å². The van der Waals surface area contributed by atoms with Gasteiger partial charge in [0.25, 0.3) is 0 Å². The van der Waals surface area contributed by atoms with Crippen LogP contribution in [0.1, 0.15) is 16.7 Å². The molecule has 0 aliphatic rings. The molecule has 0 amide bonds. The second-order valence-corrected chi connectivity index (χ2v) is 7.54.